The van der Waals surface area contributed by atoms with Gasteiger partial charge in [0.2, 0.25) is 0 Å². The second-order valence-electron chi connectivity index (χ2n) is 9.16. The maximum absolute atomic E-state index is 12.1. The molecule has 0 unspecified atom stereocenters. The lowest BCUT2D eigenvalue weighted by Crippen LogP contribution is -2.45. The van der Waals surface area contributed by atoms with Crippen LogP contribution in [0.4, 0.5) is 4.79 Å². The van der Waals surface area contributed by atoms with E-state index >= 15 is 0 Å². The van der Waals surface area contributed by atoms with Gasteiger partial charge >= 0.3 is 12.1 Å². The number of methoxy groups -OCH3 is 2. The van der Waals surface area contributed by atoms with Crippen molar-refractivity contribution in [2.75, 3.05) is 27.4 Å². The van der Waals surface area contributed by atoms with E-state index < -0.39 is 23.7 Å². The van der Waals surface area contributed by atoms with Crippen LogP contribution in [0.2, 0.25) is 0 Å². The first kappa shape index (κ1) is 27.6. The highest BCUT2D eigenvalue weighted by molar-refractivity contribution is 5.80. The Morgan fingerprint density at radius 2 is 1.78 bits per heavy atom. The predicted molar refractivity (Wildman–Crippen MR) is 122 cm³/mol. The summed E-state index contributed by atoms with van der Waals surface area (Å²) in [7, 11) is 3.24. The SMILES string of the molecule is COCCCOc1cc(C[C@@H](C[C@H](NC(=O)OC(C)(C)C)C(=O)O)C(C)C)ccc1OC. The van der Waals surface area contributed by atoms with Crippen molar-refractivity contribution in [3.05, 3.63) is 23.8 Å². The number of carbonyl (C=O) groups is 2. The van der Waals surface area contributed by atoms with Crippen molar-refractivity contribution < 1.29 is 33.6 Å². The molecule has 2 N–H and O–H groups in total. The van der Waals surface area contributed by atoms with Gasteiger partial charge in [-0.05, 0) is 63.1 Å². The lowest BCUT2D eigenvalue weighted by atomic mass is 9.84. The molecule has 0 fully saturated rings. The minimum atomic E-state index is -1.08. The second-order valence-corrected chi connectivity index (χ2v) is 9.16. The van der Waals surface area contributed by atoms with Gasteiger partial charge in [0.05, 0.1) is 13.7 Å². The summed E-state index contributed by atoms with van der Waals surface area (Å²) >= 11 is 0. The van der Waals surface area contributed by atoms with Gasteiger partial charge in [-0.1, -0.05) is 19.9 Å². The molecule has 0 spiro atoms. The summed E-state index contributed by atoms with van der Waals surface area (Å²) in [6, 6.07) is 4.69. The number of carbonyl (C=O) groups excluding carboxylic acids is 1. The van der Waals surface area contributed by atoms with Gasteiger partial charge < -0.3 is 29.4 Å². The molecule has 1 amide bonds. The number of amides is 1. The minimum absolute atomic E-state index is 0.0146. The van der Waals surface area contributed by atoms with Crippen LogP contribution in [0.15, 0.2) is 18.2 Å². The largest absolute Gasteiger partial charge is 0.493 e. The number of carboxylic acids is 1. The van der Waals surface area contributed by atoms with E-state index in [4.69, 9.17) is 18.9 Å². The van der Waals surface area contributed by atoms with Crippen LogP contribution in [-0.4, -0.2) is 56.2 Å². The molecular weight excluding hydrogens is 414 g/mol. The molecule has 0 saturated carbocycles. The van der Waals surface area contributed by atoms with Crippen molar-refractivity contribution in [3.8, 4) is 11.5 Å². The van der Waals surface area contributed by atoms with Crippen LogP contribution in [0.5, 0.6) is 11.5 Å². The van der Waals surface area contributed by atoms with E-state index in [1.165, 1.54) is 0 Å². The Morgan fingerprint density at radius 1 is 1.09 bits per heavy atom. The van der Waals surface area contributed by atoms with Gasteiger partial charge in [-0.2, -0.15) is 0 Å². The topological polar surface area (TPSA) is 103 Å². The number of carboxylic acid groups (broad SMARTS) is 1. The Balaban J connectivity index is 2.92. The van der Waals surface area contributed by atoms with Crippen LogP contribution in [-0.2, 0) is 20.7 Å². The van der Waals surface area contributed by atoms with E-state index in [0.717, 1.165) is 12.0 Å². The van der Waals surface area contributed by atoms with E-state index in [1.807, 2.05) is 32.0 Å². The number of alkyl carbamates (subject to hydrolysis) is 1. The maximum atomic E-state index is 12.1. The summed E-state index contributed by atoms with van der Waals surface area (Å²) in [6.45, 7) is 10.4. The van der Waals surface area contributed by atoms with Crippen LogP contribution in [0.25, 0.3) is 0 Å². The van der Waals surface area contributed by atoms with Crippen molar-refractivity contribution in [2.24, 2.45) is 11.8 Å². The average Bonchev–Trinajstić information content (AvgIpc) is 2.68. The highest BCUT2D eigenvalue weighted by Gasteiger charge is 2.28. The number of hydrogen-bond donors (Lipinski definition) is 2. The van der Waals surface area contributed by atoms with Crippen molar-refractivity contribution in [1.82, 2.24) is 5.32 Å². The fourth-order valence-electron chi connectivity index (χ4n) is 3.21. The monoisotopic (exact) mass is 453 g/mol. The number of nitrogens with one attached hydrogen (secondary N) is 1. The molecule has 0 aliphatic rings. The Kier molecular flexibility index (Phi) is 11.3. The molecule has 0 bridgehead atoms. The molecule has 182 valence electrons. The minimum Gasteiger partial charge on any atom is -0.493 e. The predicted octanol–water partition coefficient (Wildman–Crippen LogP) is 4.29. The molecule has 0 saturated heterocycles. The highest BCUT2D eigenvalue weighted by atomic mass is 16.6. The summed E-state index contributed by atoms with van der Waals surface area (Å²) in [5.74, 6) is 0.414. The first-order valence-corrected chi connectivity index (χ1v) is 11.0. The van der Waals surface area contributed by atoms with Gasteiger partial charge in [-0.15, -0.1) is 0 Å². The summed E-state index contributed by atoms with van der Waals surface area (Å²) in [4.78, 5) is 23.9. The molecule has 0 aliphatic heterocycles. The third-order valence-corrected chi connectivity index (χ3v) is 4.95. The lowest BCUT2D eigenvalue weighted by Gasteiger charge is -2.26. The maximum Gasteiger partial charge on any atom is 0.408 e. The van der Waals surface area contributed by atoms with Crippen LogP contribution < -0.4 is 14.8 Å². The standard InChI is InChI=1S/C24H39NO7/c1-16(2)18(15-19(22(26)27)25-23(28)32-24(3,4)5)13-17-9-10-20(30-7)21(14-17)31-12-8-11-29-6/h9-10,14,16,18-19H,8,11-13,15H2,1-7H3,(H,25,28)(H,26,27)/t18-,19-/m0/s1. The molecule has 1 rings (SSSR count). The van der Waals surface area contributed by atoms with Gasteiger partial charge in [-0.3, -0.25) is 0 Å². The smallest absolute Gasteiger partial charge is 0.408 e. The Hall–Kier alpha value is -2.48. The van der Waals surface area contributed by atoms with Gasteiger partial charge in [0.25, 0.3) is 0 Å². The highest BCUT2D eigenvalue weighted by Crippen LogP contribution is 2.31. The van der Waals surface area contributed by atoms with Crippen molar-refractivity contribution >= 4 is 12.1 Å². The molecule has 1 aromatic carbocycles. The number of ether oxygens (including phenoxy) is 4. The molecule has 0 radical (unpaired) electrons. The van der Waals surface area contributed by atoms with E-state index in [2.05, 4.69) is 5.32 Å². The third kappa shape index (κ3) is 10.2. The zero-order valence-electron chi connectivity index (χ0n) is 20.4. The Bertz CT molecular complexity index is 728. The molecular formula is C24H39NO7. The molecule has 8 heteroatoms. The summed E-state index contributed by atoms with van der Waals surface area (Å²) in [5.41, 5.74) is 0.306. The molecule has 1 aromatic rings. The van der Waals surface area contributed by atoms with E-state index in [-0.39, 0.29) is 18.3 Å². The second kappa shape index (κ2) is 13.2. The van der Waals surface area contributed by atoms with Gasteiger partial charge in [0, 0.05) is 20.1 Å². The summed E-state index contributed by atoms with van der Waals surface area (Å²) < 4.78 is 21.5. The van der Waals surface area contributed by atoms with E-state index in [1.54, 1.807) is 35.0 Å². The van der Waals surface area contributed by atoms with Crippen molar-refractivity contribution in [1.29, 1.82) is 0 Å². The zero-order chi connectivity index (χ0) is 24.3. The fourth-order valence-corrected chi connectivity index (χ4v) is 3.21. The number of rotatable bonds is 13. The zero-order valence-corrected chi connectivity index (χ0v) is 20.4. The first-order chi connectivity index (χ1) is 15.0. The van der Waals surface area contributed by atoms with Gasteiger partial charge in [0.1, 0.15) is 11.6 Å². The van der Waals surface area contributed by atoms with Crippen LogP contribution in [0.3, 0.4) is 0 Å². The van der Waals surface area contributed by atoms with Gasteiger partial charge in [0.15, 0.2) is 11.5 Å². The number of benzene rings is 1. The molecule has 0 heterocycles. The Morgan fingerprint density at radius 3 is 2.31 bits per heavy atom. The quantitative estimate of drug-likeness (QED) is 0.429. The van der Waals surface area contributed by atoms with Crippen LogP contribution in [0.1, 0.15) is 53.0 Å². The summed E-state index contributed by atoms with van der Waals surface area (Å²) in [5, 5.41) is 12.1. The first-order valence-electron chi connectivity index (χ1n) is 11.0. The normalized spacial score (nSPS) is 13.4. The molecule has 0 aliphatic carbocycles. The lowest BCUT2D eigenvalue weighted by molar-refractivity contribution is -0.140. The fraction of sp³-hybridized carbons (Fsp3) is 0.667. The van der Waals surface area contributed by atoms with Gasteiger partial charge in [-0.25, -0.2) is 9.59 Å². The van der Waals surface area contributed by atoms with Crippen molar-refractivity contribution in [3.63, 3.8) is 0 Å². The molecule has 8 nitrogen and oxygen atoms in total. The van der Waals surface area contributed by atoms with E-state index in [0.29, 0.717) is 31.1 Å². The third-order valence-electron chi connectivity index (χ3n) is 4.95. The average molecular weight is 454 g/mol. The molecule has 2 atom stereocenters. The van der Waals surface area contributed by atoms with Crippen molar-refractivity contribution in [2.45, 2.75) is 65.5 Å². The van der Waals surface area contributed by atoms with Crippen LogP contribution >= 0.6 is 0 Å². The Labute approximate surface area is 191 Å². The molecule has 0 aromatic heterocycles. The summed E-state index contributed by atoms with van der Waals surface area (Å²) in [6.07, 6.45) is 0.941. The van der Waals surface area contributed by atoms with Crippen LogP contribution in [0, 0.1) is 11.8 Å². The number of hydrogen-bond acceptors (Lipinski definition) is 6. The van der Waals surface area contributed by atoms with E-state index in [9.17, 15) is 14.7 Å². The number of aliphatic carboxylic acids is 1. The molecule has 32 heavy (non-hydrogen) atoms.